The highest BCUT2D eigenvalue weighted by atomic mass is 79.9. The number of amides is 3. The molecule has 1 aromatic carbocycles. The lowest BCUT2D eigenvalue weighted by Gasteiger charge is -2.24. The number of thiophene rings is 1. The molecule has 1 aliphatic rings. The number of carbonyl (C=O) groups excluding carboxylic acids is 2. The molecule has 3 amide bonds. The van der Waals surface area contributed by atoms with Crippen LogP contribution in [0.1, 0.15) is 28.2 Å². The standard InChI is InChI=1S/C19H22BrN3O2S/c1-13-7-8-16(26-13)12-21-18(24)17-6-3-9-23(17)19(25)22-11-14-4-2-5-15(20)10-14/h2,4-5,7-8,10,17H,3,6,9,11-12H2,1H3,(H,21,24)(H,22,25)/t17-/m0/s1. The highest BCUT2D eigenvalue weighted by molar-refractivity contribution is 9.10. The van der Waals surface area contributed by atoms with E-state index in [9.17, 15) is 9.59 Å². The van der Waals surface area contributed by atoms with Gasteiger partial charge in [0, 0.05) is 27.3 Å². The van der Waals surface area contributed by atoms with Gasteiger partial charge in [-0.1, -0.05) is 28.1 Å². The van der Waals surface area contributed by atoms with E-state index in [1.54, 1.807) is 16.2 Å². The zero-order valence-corrected chi connectivity index (χ0v) is 17.0. The fraction of sp³-hybridized carbons (Fsp3) is 0.368. The highest BCUT2D eigenvalue weighted by Gasteiger charge is 2.33. The topological polar surface area (TPSA) is 61.4 Å². The van der Waals surface area contributed by atoms with Gasteiger partial charge in [0.15, 0.2) is 0 Å². The Kier molecular flexibility index (Phi) is 6.32. The van der Waals surface area contributed by atoms with E-state index in [1.165, 1.54) is 4.88 Å². The lowest BCUT2D eigenvalue weighted by atomic mass is 10.2. The number of halogens is 1. The van der Waals surface area contributed by atoms with Crippen LogP contribution in [0.5, 0.6) is 0 Å². The second kappa shape index (κ2) is 8.68. The van der Waals surface area contributed by atoms with Crippen molar-refractivity contribution in [3.05, 3.63) is 56.2 Å². The summed E-state index contributed by atoms with van der Waals surface area (Å²) in [5, 5.41) is 5.88. The van der Waals surface area contributed by atoms with Crippen molar-refractivity contribution in [2.24, 2.45) is 0 Å². The molecule has 1 aliphatic heterocycles. The van der Waals surface area contributed by atoms with Gasteiger partial charge in [-0.2, -0.15) is 0 Å². The Morgan fingerprint density at radius 3 is 2.81 bits per heavy atom. The number of urea groups is 1. The van der Waals surface area contributed by atoms with Crippen molar-refractivity contribution in [1.29, 1.82) is 0 Å². The maximum Gasteiger partial charge on any atom is 0.318 e. The first-order valence-electron chi connectivity index (χ1n) is 8.65. The SMILES string of the molecule is Cc1ccc(CNC(=O)[C@@H]2CCCN2C(=O)NCc2cccc(Br)c2)s1. The van der Waals surface area contributed by atoms with Crippen LogP contribution in [0.2, 0.25) is 0 Å². The second-order valence-corrected chi connectivity index (χ2v) is 8.66. The largest absolute Gasteiger partial charge is 0.349 e. The number of carbonyl (C=O) groups is 2. The van der Waals surface area contributed by atoms with Gasteiger partial charge in [-0.25, -0.2) is 4.79 Å². The molecule has 0 bridgehead atoms. The Morgan fingerprint density at radius 1 is 1.23 bits per heavy atom. The fourth-order valence-electron chi connectivity index (χ4n) is 3.08. The molecule has 0 aliphatic carbocycles. The minimum absolute atomic E-state index is 0.0776. The first kappa shape index (κ1) is 18.9. The molecule has 1 fully saturated rings. The number of hydrogen-bond acceptors (Lipinski definition) is 3. The number of likely N-dealkylation sites (tertiary alicyclic amines) is 1. The Bertz CT molecular complexity index is 793. The molecule has 138 valence electrons. The minimum atomic E-state index is -0.390. The Morgan fingerprint density at radius 2 is 2.08 bits per heavy atom. The molecular formula is C19H22BrN3O2S. The van der Waals surface area contributed by atoms with Gasteiger partial charge in [0.2, 0.25) is 5.91 Å². The van der Waals surface area contributed by atoms with Crippen LogP contribution in [0.25, 0.3) is 0 Å². The minimum Gasteiger partial charge on any atom is -0.349 e. The van der Waals surface area contributed by atoms with Crippen LogP contribution in [0.3, 0.4) is 0 Å². The zero-order valence-electron chi connectivity index (χ0n) is 14.6. The first-order chi connectivity index (χ1) is 12.5. The lowest BCUT2D eigenvalue weighted by molar-refractivity contribution is -0.124. The summed E-state index contributed by atoms with van der Waals surface area (Å²) in [6, 6.07) is 11.3. The maximum atomic E-state index is 12.5. The molecule has 0 saturated carbocycles. The second-order valence-electron chi connectivity index (χ2n) is 6.37. The van der Waals surface area contributed by atoms with Crippen LogP contribution in [0.4, 0.5) is 4.79 Å². The Hall–Kier alpha value is -1.86. The molecule has 1 atom stereocenters. The summed E-state index contributed by atoms with van der Waals surface area (Å²) < 4.78 is 0.978. The molecule has 0 radical (unpaired) electrons. The van der Waals surface area contributed by atoms with Gasteiger partial charge in [-0.05, 0) is 49.6 Å². The summed E-state index contributed by atoms with van der Waals surface area (Å²) in [4.78, 5) is 29.0. The molecule has 1 saturated heterocycles. The maximum absolute atomic E-state index is 12.5. The summed E-state index contributed by atoms with van der Waals surface area (Å²) in [6.07, 6.45) is 1.56. The normalized spacial score (nSPS) is 16.5. The van der Waals surface area contributed by atoms with Gasteiger partial charge in [-0.3, -0.25) is 4.79 Å². The molecule has 2 heterocycles. The van der Waals surface area contributed by atoms with Gasteiger partial charge in [-0.15, -0.1) is 11.3 Å². The van der Waals surface area contributed by atoms with E-state index in [4.69, 9.17) is 0 Å². The van der Waals surface area contributed by atoms with Gasteiger partial charge in [0.05, 0.1) is 6.54 Å². The Balaban J connectivity index is 1.53. The monoisotopic (exact) mass is 435 g/mol. The van der Waals surface area contributed by atoms with Gasteiger partial charge >= 0.3 is 6.03 Å². The van der Waals surface area contributed by atoms with Crippen molar-refractivity contribution in [2.45, 2.75) is 38.9 Å². The molecule has 26 heavy (non-hydrogen) atoms. The summed E-state index contributed by atoms with van der Waals surface area (Å²) in [5.74, 6) is -0.0776. The molecule has 0 unspecified atom stereocenters. The third-order valence-electron chi connectivity index (χ3n) is 4.38. The van der Waals surface area contributed by atoms with Crippen molar-refractivity contribution in [3.63, 3.8) is 0 Å². The molecule has 3 rings (SSSR count). The number of aryl methyl sites for hydroxylation is 1. The summed E-state index contributed by atoms with van der Waals surface area (Å²) >= 11 is 5.10. The number of hydrogen-bond donors (Lipinski definition) is 2. The number of nitrogens with one attached hydrogen (secondary N) is 2. The van der Waals surface area contributed by atoms with E-state index >= 15 is 0 Å². The van der Waals surface area contributed by atoms with E-state index in [0.717, 1.165) is 21.3 Å². The average molecular weight is 436 g/mol. The summed E-state index contributed by atoms with van der Waals surface area (Å²) in [5.41, 5.74) is 1.01. The average Bonchev–Trinajstić information content (AvgIpc) is 3.26. The van der Waals surface area contributed by atoms with Crippen molar-refractivity contribution >= 4 is 39.2 Å². The van der Waals surface area contributed by atoms with E-state index in [0.29, 0.717) is 26.1 Å². The molecule has 2 N–H and O–H groups in total. The van der Waals surface area contributed by atoms with Crippen LogP contribution in [0, 0.1) is 6.92 Å². The first-order valence-corrected chi connectivity index (χ1v) is 10.3. The van der Waals surface area contributed by atoms with Crippen LogP contribution in [-0.2, 0) is 17.9 Å². The van der Waals surface area contributed by atoms with Crippen molar-refractivity contribution in [2.75, 3.05) is 6.54 Å². The number of benzene rings is 1. The molecule has 5 nitrogen and oxygen atoms in total. The van der Waals surface area contributed by atoms with E-state index in [2.05, 4.69) is 26.6 Å². The van der Waals surface area contributed by atoms with E-state index < -0.39 is 6.04 Å². The van der Waals surface area contributed by atoms with Gasteiger partial charge < -0.3 is 15.5 Å². The quantitative estimate of drug-likeness (QED) is 0.749. The molecule has 1 aromatic heterocycles. The molecular weight excluding hydrogens is 414 g/mol. The van der Waals surface area contributed by atoms with Crippen LogP contribution >= 0.6 is 27.3 Å². The summed E-state index contributed by atoms with van der Waals surface area (Å²) in [7, 11) is 0. The molecule has 0 spiro atoms. The number of nitrogens with zero attached hydrogens (tertiary/aromatic N) is 1. The predicted molar refractivity (Wildman–Crippen MR) is 107 cm³/mol. The van der Waals surface area contributed by atoms with Gasteiger partial charge in [0.25, 0.3) is 0 Å². The van der Waals surface area contributed by atoms with Crippen LogP contribution in [0.15, 0.2) is 40.9 Å². The third-order valence-corrected chi connectivity index (χ3v) is 5.88. The van der Waals surface area contributed by atoms with E-state index in [1.807, 2.05) is 43.3 Å². The molecule has 7 heteroatoms. The zero-order chi connectivity index (χ0) is 18.5. The predicted octanol–water partition coefficient (Wildman–Crippen LogP) is 3.81. The van der Waals surface area contributed by atoms with Crippen LogP contribution in [-0.4, -0.2) is 29.4 Å². The number of rotatable bonds is 5. The van der Waals surface area contributed by atoms with Crippen molar-refractivity contribution in [3.8, 4) is 0 Å². The van der Waals surface area contributed by atoms with Crippen LogP contribution < -0.4 is 10.6 Å². The van der Waals surface area contributed by atoms with Crippen molar-refractivity contribution < 1.29 is 9.59 Å². The van der Waals surface area contributed by atoms with E-state index in [-0.39, 0.29) is 11.9 Å². The summed E-state index contributed by atoms with van der Waals surface area (Å²) in [6.45, 7) is 3.61. The fourth-order valence-corrected chi connectivity index (χ4v) is 4.36. The Labute approximate surface area is 165 Å². The smallest absolute Gasteiger partial charge is 0.318 e. The van der Waals surface area contributed by atoms with Crippen molar-refractivity contribution in [1.82, 2.24) is 15.5 Å². The highest BCUT2D eigenvalue weighted by Crippen LogP contribution is 2.19. The third kappa shape index (κ3) is 4.86. The lowest BCUT2D eigenvalue weighted by Crippen LogP contribution is -2.49. The molecule has 2 aromatic rings. The van der Waals surface area contributed by atoms with Gasteiger partial charge in [0.1, 0.15) is 6.04 Å².